The van der Waals surface area contributed by atoms with E-state index in [1.54, 1.807) is 12.1 Å². The molecular weight excluding hydrogens is 587 g/mol. The molecule has 0 heterocycles. The van der Waals surface area contributed by atoms with E-state index in [-0.39, 0.29) is 30.5 Å². The van der Waals surface area contributed by atoms with Gasteiger partial charge >= 0.3 is 0 Å². The number of halogens is 2. The van der Waals surface area contributed by atoms with Gasteiger partial charge in [-0.25, -0.2) is 0 Å². The van der Waals surface area contributed by atoms with Crippen molar-refractivity contribution in [2.75, 3.05) is 0 Å². The molecule has 220 valence electrons. The van der Waals surface area contributed by atoms with Crippen molar-refractivity contribution in [1.29, 1.82) is 0 Å². The Kier molecular flexibility index (Phi) is 8.88. The molecule has 4 atom stereocenters. The van der Waals surface area contributed by atoms with Crippen LogP contribution in [0.1, 0.15) is 35.8 Å². The van der Waals surface area contributed by atoms with Gasteiger partial charge in [0.15, 0.2) is 0 Å². The molecule has 4 aromatic carbocycles. The molecule has 4 unspecified atom stereocenters. The lowest BCUT2D eigenvalue weighted by Gasteiger charge is -2.42. The van der Waals surface area contributed by atoms with Gasteiger partial charge in [0.1, 0.15) is 28.5 Å². The normalized spacial score (nSPS) is 23.8. The Labute approximate surface area is 268 Å². The molecule has 0 saturated carbocycles. The number of allylic oxidation sites excluding steroid dienone is 4. The van der Waals surface area contributed by atoms with Crippen LogP contribution in [0, 0.1) is 0 Å². The molecule has 3 nitrogen and oxygen atoms in total. The summed E-state index contributed by atoms with van der Waals surface area (Å²) < 4.78 is 13.6. The third kappa shape index (κ3) is 6.31. The zero-order valence-electron chi connectivity index (χ0n) is 24.1. The first-order valence-corrected chi connectivity index (χ1v) is 15.4. The van der Waals surface area contributed by atoms with Crippen molar-refractivity contribution in [3.8, 4) is 11.5 Å². The van der Waals surface area contributed by atoms with Gasteiger partial charge in [-0.2, -0.15) is 0 Å². The van der Waals surface area contributed by atoms with E-state index in [1.165, 1.54) is 0 Å². The second kappa shape index (κ2) is 13.1. The summed E-state index contributed by atoms with van der Waals surface area (Å²) >= 11 is 13.2. The van der Waals surface area contributed by atoms with Crippen LogP contribution < -0.4 is 9.47 Å². The summed E-state index contributed by atoms with van der Waals surface area (Å²) in [6, 6.07) is 35.0. The van der Waals surface area contributed by atoms with Gasteiger partial charge in [0.25, 0.3) is 0 Å². The maximum Gasteiger partial charge on any atom is 0.145 e. The molecule has 4 aromatic rings. The van der Waals surface area contributed by atoms with Gasteiger partial charge in [0.2, 0.25) is 0 Å². The first-order valence-electron chi connectivity index (χ1n) is 14.7. The van der Waals surface area contributed by atoms with Crippen LogP contribution in [-0.2, 0) is 4.79 Å². The Hall–Kier alpha value is -4.31. The van der Waals surface area contributed by atoms with E-state index >= 15 is 0 Å². The monoisotopic (exact) mass is 618 g/mol. The predicted molar refractivity (Wildman–Crippen MR) is 179 cm³/mol. The number of benzene rings is 4. The maximum atomic E-state index is 14.6. The molecule has 5 heteroatoms. The third-order valence-corrected chi connectivity index (χ3v) is 8.80. The van der Waals surface area contributed by atoms with E-state index < -0.39 is 11.2 Å². The van der Waals surface area contributed by atoms with Crippen LogP contribution in [0.3, 0.4) is 0 Å². The lowest BCUT2D eigenvalue weighted by atomic mass is 9.72. The summed E-state index contributed by atoms with van der Waals surface area (Å²) in [5.41, 5.74) is 0.0239. The largest absolute Gasteiger partial charge is 0.480 e. The van der Waals surface area contributed by atoms with Crippen LogP contribution in [-0.4, -0.2) is 17.0 Å². The number of hydrogen-bond acceptors (Lipinski definition) is 3. The lowest BCUT2D eigenvalue weighted by Crippen LogP contribution is -2.47. The summed E-state index contributed by atoms with van der Waals surface area (Å²) in [6.07, 6.45) is 16.2. The maximum absolute atomic E-state index is 14.6. The number of hydrogen-bond donors (Lipinski definition) is 0. The molecule has 0 N–H and O–H groups in total. The minimum atomic E-state index is -1.03. The molecule has 44 heavy (non-hydrogen) atoms. The number of carbonyl (C=O) groups is 1. The number of ether oxygens (including phenoxy) is 2. The Bertz CT molecular complexity index is 1600. The fourth-order valence-electron chi connectivity index (χ4n) is 6.18. The highest BCUT2D eigenvalue weighted by Gasteiger charge is 2.46. The average Bonchev–Trinajstić information content (AvgIpc) is 3.04. The van der Waals surface area contributed by atoms with Crippen LogP contribution in [0.2, 0.25) is 10.0 Å². The molecule has 0 bridgehead atoms. The number of Topliss-reactive ketones (excluding diaryl/α,β-unsaturated/α-hetero) is 1. The van der Waals surface area contributed by atoms with Crippen LogP contribution in [0.4, 0.5) is 0 Å². The van der Waals surface area contributed by atoms with Crippen LogP contribution >= 0.6 is 23.2 Å². The minimum Gasteiger partial charge on any atom is -0.480 e. The van der Waals surface area contributed by atoms with E-state index in [0.29, 0.717) is 21.5 Å². The zero-order valence-corrected chi connectivity index (χ0v) is 25.6. The number of rotatable bonds is 10. The number of carbonyl (C=O) groups excluding carboxylic acids is 1. The van der Waals surface area contributed by atoms with Crippen molar-refractivity contribution in [3.05, 3.63) is 179 Å². The Morgan fingerprint density at radius 1 is 0.545 bits per heavy atom. The molecule has 0 amide bonds. The van der Waals surface area contributed by atoms with Crippen molar-refractivity contribution >= 4 is 29.0 Å². The van der Waals surface area contributed by atoms with Gasteiger partial charge in [0, 0.05) is 11.8 Å². The molecule has 0 spiro atoms. The van der Waals surface area contributed by atoms with Gasteiger partial charge in [-0.05, 0) is 47.5 Å². The van der Waals surface area contributed by atoms with Gasteiger partial charge in [-0.15, -0.1) is 0 Å². The van der Waals surface area contributed by atoms with Crippen LogP contribution in [0.15, 0.2) is 158 Å². The minimum absolute atomic E-state index is 0.0223. The molecule has 0 aliphatic heterocycles. The zero-order chi connectivity index (χ0) is 30.4. The van der Waals surface area contributed by atoms with Crippen molar-refractivity contribution in [1.82, 2.24) is 0 Å². The van der Waals surface area contributed by atoms with E-state index in [4.69, 9.17) is 32.7 Å². The Morgan fingerprint density at radius 2 is 0.932 bits per heavy atom. The van der Waals surface area contributed by atoms with Gasteiger partial charge in [-0.1, -0.05) is 145 Å². The summed E-state index contributed by atoms with van der Waals surface area (Å²) in [5.74, 6) is 0.549. The second-order valence-electron chi connectivity index (χ2n) is 11.1. The van der Waals surface area contributed by atoms with Gasteiger partial charge in [-0.3, -0.25) is 4.79 Å². The highest BCUT2D eigenvalue weighted by molar-refractivity contribution is 6.32. The average molecular weight is 620 g/mol. The van der Waals surface area contributed by atoms with Gasteiger partial charge in [0.05, 0.1) is 22.9 Å². The quantitative estimate of drug-likeness (QED) is 0.177. The van der Waals surface area contributed by atoms with Gasteiger partial charge < -0.3 is 9.47 Å². The topological polar surface area (TPSA) is 35.5 Å². The fraction of sp³-hybridized carbons (Fsp3) is 0.154. The van der Waals surface area contributed by atoms with E-state index in [0.717, 1.165) is 11.1 Å². The fourth-order valence-corrected chi connectivity index (χ4v) is 6.52. The molecule has 0 fully saturated rings. The first-order chi connectivity index (χ1) is 21.5. The lowest BCUT2D eigenvalue weighted by molar-refractivity contribution is -0.125. The molecule has 0 saturated heterocycles. The summed E-state index contributed by atoms with van der Waals surface area (Å²) in [6.45, 7) is 0. The SMILES string of the molecule is O=C(CC1(Oc2ccccc2Cl)C=CC=CC1c1ccccc1)CC1(Oc2ccccc2Cl)C=CC=CC1c1ccccc1. The smallest absolute Gasteiger partial charge is 0.145 e. The van der Waals surface area contributed by atoms with Crippen LogP contribution in [0.25, 0.3) is 0 Å². The number of para-hydroxylation sites is 2. The molecule has 0 radical (unpaired) electrons. The summed E-state index contributed by atoms with van der Waals surface area (Å²) in [7, 11) is 0. The highest BCUT2D eigenvalue weighted by Crippen LogP contribution is 2.45. The first kappa shape index (κ1) is 29.7. The number of ketones is 1. The van der Waals surface area contributed by atoms with Crippen molar-refractivity contribution in [2.24, 2.45) is 0 Å². The summed E-state index contributed by atoms with van der Waals surface area (Å²) in [4.78, 5) is 14.6. The van der Waals surface area contributed by atoms with E-state index in [9.17, 15) is 4.79 Å². The standard InChI is InChI=1S/C39H32Cl2O3/c40-34-21-7-9-23-36(34)43-38(25-13-11-19-32(38)29-15-3-1-4-16-29)27-31(42)28-39(44-37-24-10-8-22-35(37)41)26-14-12-20-33(39)30-17-5-2-6-18-30/h1-26,32-33H,27-28H2. The Morgan fingerprint density at radius 3 is 1.34 bits per heavy atom. The molecular formula is C39H32Cl2O3. The van der Waals surface area contributed by atoms with Crippen molar-refractivity contribution < 1.29 is 14.3 Å². The third-order valence-electron chi connectivity index (χ3n) is 8.18. The predicted octanol–water partition coefficient (Wildman–Crippen LogP) is 10.1. The molecule has 0 aromatic heterocycles. The van der Waals surface area contributed by atoms with Crippen molar-refractivity contribution in [2.45, 2.75) is 35.9 Å². The highest BCUT2D eigenvalue weighted by atomic mass is 35.5. The van der Waals surface area contributed by atoms with Crippen molar-refractivity contribution in [3.63, 3.8) is 0 Å². The molecule has 6 rings (SSSR count). The van der Waals surface area contributed by atoms with Crippen LogP contribution in [0.5, 0.6) is 11.5 Å². The second-order valence-corrected chi connectivity index (χ2v) is 11.9. The summed E-state index contributed by atoms with van der Waals surface area (Å²) in [5, 5.41) is 0.967. The molecule has 2 aliphatic carbocycles. The van der Waals surface area contributed by atoms with E-state index in [2.05, 4.69) is 36.4 Å². The Balaban J connectivity index is 1.40. The molecule has 2 aliphatic rings. The van der Waals surface area contributed by atoms with E-state index in [1.807, 2.05) is 109 Å².